The van der Waals surface area contributed by atoms with Gasteiger partial charge in [0.2, 0.25) is 5.82 Å². The van der Waals surface area contributed by atoms with Crippen LogP contribution in [0.5, 0.6) is 0 Å². The van der Waals surface area contributed by atoms with Crippen LogP contribution in [-0.2, 0) is 11.3 Å². The third kappa shape index (κ3) is 3.85. The van der Waals surface area contributed by atoms with Crippen molar-refractivity contribution in [2.24, 2.45) is 0 Å². The van der Waals surface area contributed by atoms with Crippen LogP contribution in [0.4, 0.5) is 0 Å². The molecule has 0 aliphatic carbocycles. The molecule has 0 spiro atoms. The Labute approximate surface area is 150 Å². The average Bonchev–Trinajstić information content (AvgIpc) is 3.01. The highest BCUT2D eigenvalue weighted by molar-refractivity contribution is 9.10. The first kappa shape index (κ1) is 17.1. The Bertz CT molecular complexity index is 966. The third-order valence-electron chi connectivity index (χ3n) is 3.42. The van der Waals surface area contributed by atoms with Crippen molar-refractivity contribution in [1.29, 1.82) is 0 Å². The summed E-state index contributed by atoms with van der Waals surface area (Å²) in [5, 5.41) is 3.87. The SMILES string of the molecule is Cc1cc(=O)oc(C)c1C(=O)OCc1nc(-c2cccc(Br)c2)no1. The molecule has 25 heavy (non-hydrogen) atoms. The fourth-order valence-corrected chi connectivity index (χ4v) is 2.72. The molecule has 0 bridgehead atoms. The second-order valence-electron chi connectivity index (χ2n) is 5.28. The molecule has 0 aliphatic rings. The predicted octanol–water partition coefficient (Wildman–Crippen LogP) is 3.43. The number of rotatable bonds is 4. The zero-order chi connectivity index (χ0) is 18.0. The number of benzene rings is 1. The maximum Gasteiger partial charge on any atom is 0.342 e. The normalized spacial score (nSPS) is 10.7. The number of ether oxygens (including phenoxy) is 1. The van der Waals surface area contributed by atoms with Crippen LogP contribution >= 0.6 is 15.9 Å². The van der Waals surface area contributed by atoms with Crippen LogP contribution in [-0.4, -0.2) is 16.1 Å². The number of carbonyl (C=O) groups is 1. The van der Waals surface area contributed by atoms with Crippen molar-refractivity contribution in [3.8, 4) is 11.4 Å². The zero-order valence-corrected chi connectivity index (χ0v) is 15.0. The van der Waals surface area contributed by atoms with E-state index < -0.39 is 11.6 Å². The lowest BCUT2D eigenvalue weighted by atomic mass is 10.1. The molecule has 3 rings (SSSR count). The van der Waals surface area contributed by atoms with E-state index in [-0.39, 0.29) is 23.8 Å². The maximum atomic E-state index is 12.2. The fourth-order valence-electron chi connectivity index (χ4n) is 2.32. The summed E-state index contributed by atoms with van der Waals surface area (Å²) in [6.45, 7) is 2.99. The molecule has 0 radical (unpaired) electrons. The number of hydrogen-bond donors (Lipinski definition) is 0. The van der Waals surface area contributed by atoms with Crippen molar-refractivity contribution in [2.45, 2.75) is 20.5 Å². The summed E-state index contributed by atoms with van der Waals surface area (Å²) >= 11 is 3.37. The molecule has 0 N–H and O–H groups in total. The standard InChI is InChI=1S/C17H13BrN2O5/c1-9-6-14(21)24-10(2)15(9)17(22)23-8-13-19-16(20-25-13)11-4-3-5-12(18)7-11/h3-7H,8H2,1-2H3. The molecule has 3 aromatic rings. The van der Waals surface area contributed by atoms with Crippen LogP contribution in [0.3, 0.4) is 0 Å². The molecule has 128 valence electrons. The zero-order valence-electron chi connectivity index (χ0n) is 13.4. The molecule has 0 atom stereocenters. The van der Waals surface area contributed by atoms with Gasteiger partial charge < -0.3 is 13.7 Å². The van der Waals surface area contributed by atoms with Crippen LogP contribution in [0.15, 0.2) is 48.5 Å². The lowest BCUT2D eigenvalue weighted by Gasteiger charge is -2.06. The van der Waals surface area contributed by atoms with Crippen molar-refractivity contribution in [1.82, 2.24) is 10.1 Å². The van der Waals surface area contributed by atoms with Crippen LogP contribution in [0.2, 0.25) is 0 Å². The van der Waals surface area contributed by atoms with E-state index in [1.54, 1.807) is 6.92 Å². The Morgan fingerprint density at radius 3 is 2.80 bits per heavy atom. The second kappa shape index (κ2) is 7.02. The number of halogens is 1. The average molecular weight is 405 g/mol. The third-order valence-corrected chi connectivity index (χ3v) is 3.91. The van der Waals surface area contributed by atoms with E-state index in [1.807, 2.05) is 24.3 Å². The van der Waals surface area contributed by atoms with E-state index in [0.717, 1.165) is 10.0 Å². The minimum absolute atomic E-state index is 0.163. The molecule has 8 heteroatoms. The molecule has 1 aromatic carbocycles. The quantitative estimate of drug-likeness (QED) is 0.614. The van der Waals surface area contributed by atoms with Gasteiger partial charge in [-0.05, 0) is 31.5 Å². The van der Waals surface area contributed by atoms with Gasteiger partial charge in [-0.2, -0.15) is 4.98 Å². The van der Waals surface area contributed by atoms with Gasteiger partial charge in [0.15, 0.2) is 6.61 Å². The highest BCUT2D eigenvalue weighted by atomic mass is 79.9. The Balaban J connectivity index is 1.73. The molecule has 2 aromatic heterocycles. The summed E-state index contributed by atoms with van der Waals surface area (Å²) in [7, 11) is 0. The summed E-state index contributed by atoms with van der Waals surface area (Å²) in [5.41, 5.74) is 0.958. The molecule has 0 saturated carbocycles. The molecule has 2 heterocycles. The van der Waals surface area contributed by atoms with Gasteiger partial charge in [0.1, 0.15) is 11.3 Å². The minimum atomic E-state index is -0.624. The van der Waals surface area contributed by atoms with Gasteiger partial charge in [-0.3, -0.25) is 0 Å². The summed E-state index contributed by atoms with van der Waals surface area (Å²) in [6, 6.07) is 8.66. The van der Waals surface area contributed by atoms with Crippen molar-refractivity contribution in [3.05, 3.63) is 68.0 Å². The van der Waals surface area contributed by atoms with Crippen molar-refractivity contribution >= 4 is 21.9 Å². The van der Waals surface area contributed by atoms with Crippen LogP contribution < -0.4 is 5.63 Å². The Morgan fingerprint density at radius 1 is 1.28 bits per heavy atom. The van der Waals surface area contributed by atoms with Gasteiger partial charge in [0.25, 0.3) is 5.89 Å². The molecule has 0 amide bonds. The largest absolute Gasteiger partial charge is 0.452 e. The summed E-state index contributed by atoms with van der Waals surface area (Å²) in [6.07, 6.45) is 0. The van der Waals surface area contributed by atoms with Crippen molar-refractivity contribution in [2.75, 3.05) is 0 Å². The number of carbonyl (C=O) groups excluding carboxylic acids is 1. The van der Waals surface area contributed by atoms with Crippen LogP contribution in [0.25, 0.3) is 11.4 Å². The molecular weight excluding hydrogens is 392 g/mol. The minimum Gasteiger partial charge on any atom is -0.452 e. The van der Waals surface area contributed by atoms with Crippen LogP contribution in [0.1, 0.15) is 27.6 Å². The Hall–Kier alpha value is -2.74. The van der Waals surface area contributed by atoms with E-state index in [1.165, 1.54) is 13.0 Å². The van der Waals surface area contributed by atoms with Gasteiger partial charge in [-0.25, -0.2) is 9.59 Å². The van der Waals surface area contributed by atoms with Gasteiger partial charge in [0.05, 0.1) is 0 Å². The molecule has 0 unspecified atom stereocenters. The van der Waals surface area contributed by atoms with Gasteiger partial charge in [-0.15, -0.1) is 0 Å². The topological polar surface area (TPSA) is 95.4 Å². The monoisotopic (exact) mass is 404 g/mol. The first-order valence-corrected chi connectivity index (χ1v) is 8.10. The second-order valence-corrected chi connectivity index (χ2v) is 6.19. The van der Waals surface area contributed by atoms with E-state index >= 15 is 0 Å². The first-order valence-electron chi connectivity index (χ1n) is 7.31. The molecule has 0 fully saturated rings. The van der Waals surface area contributed by atoms with Crippen molar-refractivity contribution in [3.63, 3.8) is 0 Å². The molecular formula is C17H13BrN2O5. The van der Waals surface area contributed by atoms with E-state index in [4.69, 9.17) is 13.7 Å². The number of nitrogens with zero attached hydrogens (tertiary/aromatic N) is 2. The van der Waals surface area contributed by atoms with E-state index in [2.05, 4.69) is 26.1 Å². The summed E-state index contributed by atoms with van der Waals surface area (Å²) < 4.78 is 16.1. The summed E-state index contributed by atoms with van der Waals surface area (Å²) in [4.78, 5) is 27.7. The Kier molecular flexibility index (Phi) is 4.80. The number of aryl methyl sites for hydroxylation is 2. The number of hydrogen-bond acceptors (Lipinski definition) is 7. The summed E-state index contributed by atoms with van der Waals surface area (Å²) in [5.74, 6) is 0.137. The molecule has 0 aliphatic heterocycles. The lowest BCUT2D eigenvalue weighted by Crippen LogP contribution is -2.12. The van der Waals surface area contributed by atoms with Gasteiger partial charge >= 0.3 is 11.6 Å². The first-order chi connectivity index (χ1) is 11.9. The van der Waals surface area contributed by atoms with Crippen molar-refractivity contribution < 1.29 is 18.5 Å². The van der Waals surface area contributed by atoms with Crippen LogP contribution in [0, 0.1) is 13.8 Å². The van der Waals surface area contributed by atoms with Gasteiger partial charge in [0, 0.05) is 16.1 Å². The fraction of sp³-hybridized carbons (Fsp3) is 0.176. The molecule has 7 nitrogen and oxygen atoms in total. The lowest BCUT2D eigenvalue weighted by molar-refractivity contribution is 0.0424. The maximum absolute atomic E-state index is 12.2. The molecule has 0 saturated heterocycles. The number of aromatic nitrogens is 2. The van der Waals surface area contributed by atoms with E-state index in [0.29, 0.717) is 11.4 Å². The predicted molar refractivity (Wildman–Crippen MR) is 91.0 cm³/mol. The highest BCUT2D eigenvalue weighted by Crippen LogP contribution is 2.20. The smallest absolute Gasteiger partial charge is 0.342 e. The Morgan fingerprint density at radius 2 is 2.08 bits per heavy atom. The number of esters is 1. The van der Waals surface area contributed by atoms with Gasteiger partial charge in [-0.1, -0.05) is 33.2 Å². The highest BCUT2D eigenvalue weighted by Gasteiger charge is 2.18. The van der Waals surface area contributed by atoms with E-state index in [9.17, 15) is 9.59 Å².